The smallest absolute Gasteiger partial charge is 0.245 e. The number of piperidine rings is 1. The Morgan fingerprint density at radius 1 is 0.924 bits per heavy atom. The van der Waals surface area contributed by atoms with E-state index in [2.05, 4.69) is 26.7 Å². The van der Waals surface area contributed by atoms with Crippen molar-refractivity contribution in [3.63, 3.8) is 0 Å². The van der Waals surface area contributed by atoms with Crippen LogP contribution < -0.4 is 15.4 Å². The SMILES string of the molecule is C[C@H]1C(=O)N[C@@H](CO)C(=O)N[C@@]2(Cc3ccc(Cl)cc3)CCCN(C2)C(=O)[C@H]([C@H]2CCc3ccccc32)CC(=O)N1Cc1ccc(Cl)cc1Oc1ccc(-c2cnc(CN(C)C)n2C)cn1. The van der Waals surface area contributed by atoms with E-state index in [-0.39, 0.29) is 37.2 Å². The number of rotatable bonds is 11. The average molecular weight is 936 g/mol. The second-order valence-electron chi connectivity index (χ2n) is 18.1. The van der Waals surface area contributed by atoms with Gasteiger partial charge in [0, 0.05) is 60.0 Å². The van der Waals surface area contributed by atoms with E-state index < -0.39 is 47.9 Å². The molecular formula is C50H56Cl2N8O6. The first-order valence-electron chi connectivity index (χ1n) is 22.4. The Hall–Kier alpha value is -5.80. The van der Waals surface area contributed by atoms with Gasteiger partial charge in [-0.1, -0.05) is 65.7 Å². The van der Waals surface area contributed by atoms with Crippen LogP contribution in [0.3, 0.4) is 0 Å². The number of aromatic nitrogens is 3. The van der Waals surface area contributed by atoms with Crippen LogP contribution in [0.1, 0.15) is 66.6 Å². The van der Waals surface area contributed by atoms with Gasteiger partial charge in [-0.3, -0.25) is 19.2 Å². The molecule has 4 amide bonds. The van der Waals surface area contributed by atoms with Crippen LogP contribution in [0.15, 0.2) is 91.3 Å². The molecule has 4 heterocycles. The molecule has 3 aliphatic rings. The van der Waals surface area contributed by atoms with Gasteiger partial charge in [0.1, 0.15) is 23.7 Å². The summed E-state index contributed by atoms with van der Waals surface area (Å²) in [6.07, 6.45) is 6.27. The average Bonchev–Trinajstić information content (AvgIpc) is 3.89. The fourth-order valence-electron chi connectivity index (χ4n) is 9.76. The van der Waals surface area contributed by atoms with Gasteiger partial charge in [-0.05, 0) is 106 Å². The predicted octanol–water partition coefficient (Wildman–Crippen LogP) is 6.31. The van der Waals surface area contributed by atoms with Gasteiger partial charge in [0.05, 0.1) is 43.0 Å². The Morgan fingerprint density at radius 2 is 1.70 bits per heavy atom. The Balaban J connectivity index is 1.13. The minimum atomic E-state index is -1.34. The molecule has 1 aliphatic carbocycles. The van der Waals surface area contributed by atoms with E-state index in [0.717, 1.165) is 40.2 Å². The molecule has 2 fully saturated rings. The van der Waals surface area contributed by atoms with Gasteiger partial charge in [0.15, 0.2) is 0 Å². The number of benzene rings is 3. The van der Waals surface area contributed by atoms with Crippen molar-refractivity contribution in [1.82, 2.24) is 39.9 Å². The summed E-state index contributed by atoms with van der Waals surface area (Å²) in [7, 11) is 5.93. The van der Waals surface area contributed by atoms with Crippen molar-refractivity contribution in [2.45, 2.75) is 82.1 Å². The Kier molecular flexibility index (Phi) is 14.1. The fraction of sp³-hybridized carbons (Fsp3) is 0.400. The van der Waals surface area contributed by atoms with E-state index in [4.69, 9.17) is 27.9 Å². The predicted molar refractivity (Wildman–Crippen MR) is 252 cm³/mol. The molecule has 2 bridgehead atoms. The highest BCUT2D eigenvalue weighted by molar-refractivity contribution is 6.31. The van der Waals surface area contributed by atoms with Gasteiger partial charge in [-0.2, -0.15) is 0 Å². The van der Waals surface area contributed by atoms with Gasteiger partial charge in [0.2, 0.25) is 29.5 Å². The highest BCUT2D eigenvalue weighted by Crippen LogP contribution is 2.42. The molecule has 0 saturated carbocycles. The normalized spacial score (nSPS) is 22.8. The largest absolute Gasteiger partial charge is 0.439 e. The molecular weight excluding hydrogens is 880 g/mol. The summed E-state index contributed by atoms with van der Waals surface area (Å²) in [6, 6.07) is 21.6. The molecule has 2 aliphatic heterocycles. The summed E-state index contributed by atoms with van der Waals surface area (Å²) >= 11 is 12.8. The van der Waals surface area contributed by atoms with Gasteiger partial charge >= 0.3 is 0 Å². The number of aryl methyl sites for hydroxylation is 1. The van der Waals surface area contributed by atoms with Crippen LogP contribution >= 0.6 is 23.2 Å². The molecule has 66 heavy (non-hydrogen) atoms. The van der Waals surface area contributed by atoms with Gasteiger partial charge in [-0.25, -0.2) is 9.97 Å². The first-order chi connectivity index (χ1) is 31.7. The third-order valence-electron chi connectivity index (χ3n) is 13.3. The summed E-state index contributed by atoms with van der Waals surface area (Å²) in [6.45, 7) is 2.05. The molecule has 0 unspecified atom stereocenters. The summed E-state index contributed by atoms with van der Waals surface area (Å²) < 4.78 is 8.39. The minimum Gasteiger partial charge on any atom is -0.439 e. The monoisotopic (exact) mass is 934 g/mol. The molecule has 3 N–H and O–H groups in total. The van der Waals surface area contributed by atoms with Crippen molar-refractivity contribution in [3.8, 4) is 22.9 Å². The van der Waals surface area contributed by atoms with Crippen molar-refractivity contribution in [1.29, 1.82) is 0 Å². The molecule has 8 rings (SSSR count). The lowest BCUT2D eigenvalue weighted by atomic mass is 9.80. The topological polar surface area (TPSA) is 162 Å². The zero-order chi connectivity index (χ0) is 46.7. The summed E-state index contributed by atoms with van der Waals surface area (Å²) in [4.78, 5) is 73.4. The quantitative estimate of drug-likeness (QED) is 0.138. The van der Waals surface area contributed by atoms with E-state index in [9.17, 15) is 14.7 Å². The summed E-state index contributed by atoms with van der Waals surface area (Å²) in [5.41, 5.74) is 4.39. The number of carbonyl (C=O) groups excluding carboxylic acids is 4. The maximum Gasteiger partial charge on any atom is 0.245 e. The van der Waals surface area contributed by atoms with Crippen molar-refractivity contribution in [2.24, 2.45) is 13.0 Å². The first-order valence-corrected chi connectivity index (χ1v) is 23.2. The van der Waals surface area contributed by atoms with E-state index in [0.29, 0.717) is 60.1 Å². The number of nitrogens with one attached hydrogen (secondary N) is 2. The molecule has 0 spiro atoms. The van der Waals surface area contributed by atoms with Crippen LogP contribution in [-0.4, -0.2) is 109 Å². The molecule has 2 saturated heterocycles. The molecule has 16 heteroatoms. The summed E-state index contributed by atoms with van der Waals surface area (Å²) in [5, 5.41) is 17.5. The van der Waals surface area contributed by atoms with E-state index in [1.54, 1.807) is 54.4 Å². The number of halogens is 2. The fourth-order valence-corrected chi connectivity index (χ4v) is 10.0. The highest BCUT2D eigenvalue weighted by Gasteiger charge is 2.45. The maximum absolute atomic E-state index is 15.2. The Morgan fingerprint density at radius 3 is 2.44 bits per heavy atom. The Bertz CT molecular complexity index is 2590. The van der Waals surface area contributed by atoms with Crippen molar-refractivity contribution >= 4 is 46.8 Å². The molecule has 3 aromatic carbocycles. The number of imidazole rings is 1. The number of aliphatic hydroxyl groups is 1. The van der Waals surface area contributed by atoms with Crippen LogP contribution in [-0.2, 0) is 52.2 Å². The zero-order valence-electron chi connectivity index (χ0n) is 37.7. The molecule has 14 nitrogen and oxygen atoms in total. The number of aliphatic hydroxyl groups excluding tert-OH is 1. The molecule has 5 aromatic rings. The van der Waals surface area contributed by atoms with E-state index in [1.165, 1.54) is 4.90 Å². The Labute approximate surface area is 395 Å². The first kappa shape index (κ1) is 46.7. The zero-order valence-corrected chi connectivity index (χ0v) is 39.2. The van der Waals surface area contributed by atoms with Crippen LogP contribution in [0.25, 0.3) is 11.3 Å². The van der Waals surface area contributed by atoms with Crippen LogP contribution in [0, 0.1) is 5.92 Å². The highest BCUT2D eigenvalue weighted by atomic mass is 35.5. The van der Waals surface area contributed by atoms with E-state index >= 15 is 9.59 Å². The lowest BCUT2D eigenvalue weighted by molar-refractivity contribution is -0.148. The molecule has 5 atom stereocenters. The summed E-state index contributed by atoms with van der Waals surface area (Å²) in [5.74, 6) is -1.40. The molecule has 2 aromatic heterocycles. The number of amides is 4. The number of fused-ring (bicyclic) bond motifs is 3. The third kappa shape index (κ3) is 10.3. The molecule has 0 radical (unpaired) electrons. The van der Waals surface area contributed by atoms with Crippen molar-refractivity contribution in [2.75, 3.05) is 33.8 Å². The third-order valence-corrected chi connectivity index (χ3v) is 13.7. The number of hydrogen-bond donors (Lipinski definition) is 3. The second kappa shape index (κ2) is 20.0. The lowest BCUT2D eigenvalue weighted by Gasteiger charge is -2.46. The van der Waals surface area contributed by atoms with Gasteiger partial charge in [0.25, 0.3) is 0 Å². The number of ether oxygens (including phenoxy) is 1. The minimum absolute atomic E-state index is 0.117. The van der Waals surface area contributed by atoms with Crippen molar-refractivity contribution in [3.05, 3.63) is 129 Å². The van der Waals surface area contributed by atoms with Crippen LogP contribution in [0.5, 0.6) is 11.6 Å². The number of hydrogen-bond acceptors (Lipinski definition) is 9. The number of pyridine rings is 1. The van der Waals surface area contributed by atoms with Crippen LogP contribution in [0.4, 0.5) is 0 Å². The second-order valence-corrected chi connectivity index (χ2v) is 19.0. The van der Waals surface area contributed by atoms with E-state index in [1.807, 2.05) is 73.2 Å². The van der Waals surface area contributed by atoms with Gasteiger partial charge in [-0.15, -0.1) is 0 Å². The van der Waals surface area contributed by atoms with Crippen molar-refractivity contribution < 1.29 is 29.0 Å². The lowest BCUT2D eigenvalue weighted by Crippen LogP contribution is -2.65. The standard InChI is InChI=1S/C50H56Cl2N8O6/c1-31-47(63)55-41(29-61)48(64)56-50(24-32-10-15-36(51)16-11-32)20-7-21-59(30-50)49(65)40(39-18-13-33-8-5-6-9-38(33)39)23-46(62)60(31)27-35-12-17-37(52)22-43(35)66-45-19-14-34(25-54-45)42-26-53-44(58(42)4)28-57(2)3/h5-6,8-12,14-17,19,22,25-26,31,39-41,61H,7,13,18,20-21,23-24,27-30H2,1-4H3,(H,55,63)(H,56,64)/t31-,39-,40-,41-,50+/m0/s1. The number of nitrogens with zero attached hydrogens (tertiary/aromatic N) is 6. The molecule has 346 valence electrons. The maximum atomic E-state index is 15.2. The van der Waals surface area contributed by atoms with Crippen LogP contribution in [0.2, 0.25) is 10.0 Å². The van der Waals surface area contributed by atoms with Gasteiger partial charge < -0.3 is 39.7 Å². The number of carbonyl (C=O) groups is 4.